The fourth-order valence-electron chi connectivity index (χ4n) is 2.52. The van der Waals surface area contributed by atoms with E-state index in [1.54, 1.807) is 6.26 Å². The fourth-order valence-corrected chi connectivity index (χ4v) is 3.00. The number of nitrogens with two attached hydrogens (primary N) is 4. The molecule has 4 atom stereocenters. The van der Waals surface area contributed by atoms with Gasteiger partial charge in [0.05, 0.1) is 12.5 Å². The number of aliphatic imine (C=N–C) groups is 1. The largest absolute Gasteiger partial charge is 0.480 e. The highest BCUT2D eigenvalue weighted by Gasteiger charge is 2.30. The highest BCUT2D eigenvalue weighted by Crippen LogP contribution is 2.05. The van der Waals surface area contributed by atoms with E-state index < -0.39 is 60.2 Å². The van der Waals surface area contributed by atoms with Crippen molar-refractivity contribution in [3.63, 3.8) is 0 Å². The van der Waals surface area contributed by atoms with Crippen molar-refractivity contribution < 1.29 is 29.1 Å². The number of carboxylic acids is 1. The molecule has 0 aromatic rings. The van der Waals surface area contributed by atoms with Gasteiger partial charge in [-0.25, -0.2) is 4.79 Å². The van der Waals surface area contributed by atoms with E-state index in [1.165, 1.54) is 18.7 Å². The van der Waals surface area contributed by atoms with Crippen LogP contribution in [0.4, 0.5) is 0 Å². The number of nitrogens with one attached hydrogen (secondary N) is 3. The second-order valence-electron chi connectivity index (χ2n) is 7.21. The Morgan fingerprint density at radius 1 is 0.909 bits per heavy atom. The minimum atomic E-state index is -1.35. The van der Waals surface area contributed by atoms with Gasteiger partial charge in [-0.15, -0.1) is 0 Å². The van der Waals surface area contributed by atoms with Crippen LogP contribution in [0, 0.1) is 0 Å². The molecular weight excluding hydrogens is 456 g/mol. The monoisotopic (exact) mass is 490 g/mol. The van der Waals surface area contributed by atoms with E-state index in [1.807, 2.05) is 0 Å². The first kappa shape index (κ1) is 29.9. The van der Waals surface area contributed by atoms with Crippen LogP contribution in [0.2, 0.25) is 0 Å². The number of guanidine groups is 1. The van der Waals surface area contributed by atoms with Crippen LogP contribution in [0.25, 0.3) is 0 Å². The van der Waals surface area contributed by atoms with Gasteiger partial charge in [0, 0.05) is 6.54 Å². The summed E-state index contributed by atoms with van der Waals surface area (Å²) in [6.07, 6.45) is 1.79. The number of carboxylic acid groups (broad SMARTS) is 1. The van der Waals surface area contributed by atoms with Crippen LogP contribution in [0.3, 0.4) is 0 Å². The van der Waals surface area contributed by atoms with E-state index in [0.717, 1.165) is 0 Å². The van der Waals surface area contributed by atoms with Crippen LogP contribution in [-0.4, -0.2) is 83.4 Å². The quantitative estimate of drug-likeness (QED) is 0.0602. The summed E-state index contributed by atoms with van der Waals surface area (Å²) in [6, 6.07) is -4.65. The van der Waals surface area contributed by atoms with Crippen molar-refractivity contribution in [3.05, 3.63) is 0 Å². The lowest BCUT2D eigenvalue weighted by molar-refractivity contribution is -0.142. The van der Waals surface area contributed by atoms with Gasteiger partial charge in [0.25, 0.3) is 0 Å². The Morgan fingerprint density at radius 3 is 1.94 bits per heavy atom. The van der Waals surface area contributed by atoms with E-state index in [9.17, 15) is 29.1 Å². The van der Waals surface area contributed by atoms with Crippen molar-refractivity contribution in [3.8, 4) is 0 Å². The van der Waals surface area contributed by atoms with E-state index in [-0.39, 0.29) is 25.3 Å². The molecule has 0 saturated heterocycles. The molecule has 0 saturated carbocycles. The van der Waals surface area contributed by atoms with Gasteiger partial charge in [0.2, 0.25) is 23.6 Å². The maximum Gasteiger partial charge on any atom is 0.326 e. The molecule has 0 rings (SSSR count). The van der Waals surface area contributed by atoms with Crippen LogP contribution in [0.15, 0.2) is 4.99 Å². The lowest BCUT2D eigenvalue weighted by Gasteiger charge is -2.24. The number of carbonyl (C=O) groups excluding carboxylic acids is 4. The first-order valence-corrected chi connectivity index (χ1v) is 11.5. The second kappa shape index (κ2) is 15.7. The van der Waals surface area contributed by atoms with Gasteiger partial charge in [0.15, 0.2) is 5.96 Å². The molecule has 0 aliphatic heterocycles. The van der Waals surface area contributed by atoms with Gasteiger partial charge in [-0.05, 0) is 38.2 Å². The molecule has 0 aromatic heterocycles. The summed E-state index contributed by atoms with van der Waals surface area (Å²) < 4.78 is 0. The number of thioether (sulfide) groups is 1. The molecule has 0 radical (unpaired) electrons. The van der Waals surface area contributed by atoms with Gasteiger partial charge >= 0.3 is 5.97 Å². The van der Waals surface area contributed by atoms with Crippen molar-refractivity contribution in [2.24, 2.45) is 27.9 Å². The van der Waals surface area contributed by atoms with Gasteiger partial charge in [-0.2, -0.15) is 11.8 Å². The minimum absolute atomic E-state index is 0.0514. The second-order valence-corrected chi connectivity index (χ2v) is 8.20. The molecule has 15 heteroatoms. The van der Waals surface area contributed by atoms with E-state index in [4.69, 9.17) is 22.9 Å². The third kappa shape index (κ3) is 13.2. The molecule has 33 heavy (non-hydrogen) atoms. The maximum atomic E-state index is 12.8. The predicted octanol–water partition coefficient (Wildman–Crippen LogP) is -3.45. The molecule has 0 aliphatic rings. The number of aliphatic carboxylic acids is 1. The minimum Gasteiger partial charge on any atom is -0.480 e. The van der Waals surface area contributed by atoms with Crippen LogP contribution in [0.5, 0.6) is 0 Å². The van der Waals surface area contributed by atoms with Gasteiger partial charge in [-0.3, -0.25) is 24.2 Å². The normalized spacial score (nSPS) is 14.2. The maximum absolute atomic E-state index is 12.8. The lowest BCUT2D eigenvalue weighted by atomic mass is 10.1. The zero-order valence-corrected chi connectivity index (χ0v) is 19.5. The Balaban J connectivity index is 5.35. The predicted molar refractivity (Wildman–Crippen MR) is 124 cm³/mol. The Hall–Kier alpha value is -3.07. The smallest absolute Gasteiger partial charge is 0.326 e. The number of primary amides is 1. The molecule has 0 bridgehead atoms. The van der Waals surface area contributed by atoms with Gasteiger partial charge in [-0.1, -0.05) is 0 Å². The van der Waals surface area contributed by atoms with E-state index in [2.05, 4.69) is 20.9 Å². The average molecular weight is 491 g/mol. The summed E-state index contributed by atoms with van der Waals surface area (Å²) in [5.74, 6) is -4.03. The van der Waals surface area contributed by atoms with Gasteiger partial charge in [0.1, 0.15) is 18.1 Å². The molecule has 4 unspecified atom stereocenters. The zero-order valence-electron chi connectivity index (χ0n) is 18.7. The standard InChI is InChI=1S/C18H34N8O6S/c1-9(19)14(28)26-12(8-13(20)27)16(30)24-10(5-7-33-2)15(29)25-11(17(31)32)4-3-6-23-18(21)22/h9-12H,3-8,19H2,1-2H3,(H2,20,27)(H,24,30)(H,25,29)(H,26,28)(H,31,32)(H4,21,22,23). The summed E-state index contributed by atoms with van der Waals surface area (Å²) in [5.41, 5.74) is 21.1. The Kier molecular flexibility index (Phi) is 14.2. The average Bonchev–Trinajstić information content (AvgIpc) is 2.71. The number of hydrogen-bond acceptors (Lipinski definition) is 8. The number of hydrogen-bond donors (Lipinski definition) is 8. The number of carbonyl (C=O) groups is 5. The molecule has 0 heterocycles. The van der Waals surface area contributed by atoms with Crippen LogP contribution < -0.4 is 38.9 Å². The first-order valence-electron chi connectivity index (χ1n) is 10.1. The van der Waals surface area contributed by atoms with Crippen molar-refractivity contribution >= 4 is 47.3 Å². The Labute approximate surface area is 196 Å². The number of amides is 4. The van der Waals surface area contributed by atoms with Crippen molar-refractivity contribution in [2.75, 3.05) is 18.6 Å². The van der Waals surface area contributed by atoms with Crippen molar-refractivity contribution in [1.29, 1.82) is 0 Å². The third-order valence-corrected chi connectivity index (χ3v) is 4.90. The molecule has 0 aromatic carbocycles. The van der Waals surface area contributed by atoms with Crippen LogP contribution in [0.1, 0.15) is 32.6 Å². The van der Waals surface area contributed by atoms with Crippen molar-refractivity contribution in [1.82, 2.24) is 16.0 Å². The molecule has 0 aliphatic carbocycles. The lowest BCUT2D eigenvalue weighted by Crippen LogP contribution is -2.57. The van der Waals surface area contributed by atoms with Gasteiger partial charge < -0.3 is 44.0 Å². The van der Waals surface area contributed by atoms with Crippen LogP contribution in [-0.2, 0) is 24.0 Å². The first-order chi connectivity index (χ1) is 15.4. The molecular formula is C18H34N8O6S. The molecule has 0 fully saturated rings. The third-order valence-electron chi connectivity index (χ3n) is 4.26. The molecule has 14 nitrogen and oxygen atoms in total. The Morgan fingerprint density at radius 2 is 1.45 bits per heavy atom. The van der Waals surface area contributed by atoms with E-state index in [0.29, 0.717) is 12.2 Å². The number of rotatable bonds is 16. The molecule has 188 valence electrons. The summed E-state index contributed by atoms with van der Waals surface area (Å²) in [4.78, 5) is 63.9. The summed E-state index contributed by atoms with van der Waals surface area (Å²) in [7, 11) is 0. The van der Waals surface area contributed by atoms with Crippen LogP contribution >= 0.6 is 11.8 Å². The molecule has 0 spiro atoms. The highest BCUT2D eigenvalue weighted by atomic mass is 32.2. The topological polar surface area (TPSA) is 258 Å². The Bertz CT molecular complexity index is 729. The summed E-state index contributed by atoms with van der Waals surface area (Å²) in [6.45, 7) is 1.57. The highest BCUT2D eigenvalue weighted by molar-refractivity contribution is 7.98. The number of nitrogens with zero attached hydrogens (tertiary/aromatic N) is 1. The summed E-state index contributed by atoms with van der Waals surface area (Å²) in [5, 5.41) is 16.6. The molecule has 4 amide bonds. The summed E-state index contributed by atoms with van der Waals surface area (Å²) >= 11 is 1.41. The van der Waals surface area contributed by atoms with Crippen molar-refractivity contribution in [2.45, 2.75) is 56.8 Å². The SMILES string of the molecule is CSCCC(NC(=O)C(CC(N)=O)NC(=O)C(C)N)C(=O)NC(CCCN=C(N)N)C(=O)O. The van der Waals surface area contributed by atoms with E-state index >= 15 is 0 Å². The fraction of sp³-hybridized carbons (Fsp3) is 0.667. The zero-order chi connectivity index (χ0) is 25.6. The molecule has 12 N–H and O–H groups in total.